The van der Waals surface area contributed by atoms with Crippen LogP contribution in [0.4, 0.5) is 0 Å². The van der Waals surface area contributed by atoms with Crippen molar-refractivity contribution in [2.75, 3.05) is 55.2 Å². The fraction of sp³-hybridized carbons (Fsp3) is 0.500. The molecule has 0 radical (unpaired) electrons. The number of likely N-dealkylation sites (N-methyl/N-ethyl adjacent to an activating group) is 1. The summed E-state index contributed by atoms with van der Waals surface area (Å²) >= 11 is 0. The van der Waals surface area contributed by atoms with Gasteiger partial charge in [0.25, 0.3) is 0 Å². The molecular formula is C40H57NO5. The van der Waals surface area contributed by atoms with E-state index < -0.39 is 0 Å². The van der Waals surface area contributed by atoms with Crippen molar-refractivity contribution in [2.24, 2.45) is 0 Å². The van der Waals surface area contributed by atoms with Crippen LogP contribution in [0.1, 0.15) is 76.0 Å². The molecule has 0 aliphatic heterocycles. The van der Waals surface area contributed by atoms with Crippen LogP contribution in [0.15, 0.2) is 48.5 Å². The number of unbranched alkanes of at least 4 members (excludes halogenated alkanes) is 4. The largest absolute Gasteiger partial charge is 0.493 e. The van der Waals surface area contributed by atoms with Gasteiger partial charge in [-0.05, 0) is 97.4 Å². The van der Waals surface area contributed by atoms with Crippen LogP contribution in [-0.4, -0.2) is 60.1 Å². The lowest BCUT2D eigenvalue weighted by atomic mass is 10.0. The summed E-state index contributed by atoms with van der Waals surface area (Å²) in [5, 5.41) is 4.52. The van der Waals surface area contributed by atoms with Crippen LogP contribution in [0.5, 0.6) is 28.7 Å². The van der Waals surface area contributed by atoms with Crippen LogP contribution in [0.2, 0.25) is 0 Å². The molecular weight excluding hydrogens is 574 g/mol. The Morgan fingerprint density at radius 3 is 1.63 bits per heavy atom. The first-order valence-electron chi connectivity index (χ1n) is 17.0. The van der Waals surface area contributed by atoms with Gasteiger partial charge in [-0.3, -0.25) is 0 Å². The second-order valence-electron chi connectivity index (χ2n) is 11.9. The summed E-state index contributed by atoms with van der Waals surface area (Å²) in [6, 6.07) is 17.4. The molecule has 0 aliphatic rings. The van der Waals surface area contributed by atoms with Crippen LogP contribution in [0.3, 0.4) is 0 Å². The standard InChI is InChI=1S/C21H31NO2.C19H26O3/c1-6-8-12-22(7-2)13-11-17-9-10-18-14-16(3)20(23-4)21(24-5)19(18)15-17;1-5-6-7-8-9-14-10-11-15-13-17(20-2)19(22-4)18(21-3)16(15)12-14/h9-10,14-15H,6-8,11-13H2,1-5H3;10-13H,5-9H2,1-4H3. The first-order chi connectivity index (χ1) is 22.4. The fourth-order valence-corrected chi connectivity index (χ4v) is 6.06. The molecule has 0 fully saturated rings. The lowest BCUT2D eigenvalue weighted by molar-refractivity contribution is 0.287. The molecule has 0 unspecified atom stereocenters. The zero-order chi connectivity index (χ0) is 33.5. The van der Waals surface area contributed by atoms with E-state index in [0.717, 1.165) is 64.9 Å². The van der Waals surface area contributed by atoms with Crippen LogP contribution < -0.4 is 23.7 Å². The monoisotopic (exact) mass is 631 g/mol. The number of rotatable bonds is 17. The van der Waals surface area contributed by atoms with Gasteiger partial charge in [-0.25, -0.2) is 0 Å². The van der Waals surface area contributed by atoms with Gasteiger partial charge in [0.2, 0.25) is 5.75 Å². The highest BCUT2D eigenvalue weighted by Crippen LogP contribution is 2.43. The predicted molar refractivity (Wildman–Crippen MR) is 194 cm³/mol. The number of nitrogens with zero attached hydrogens (tertiary/aromatic N) is 1. The molecule has 4 aromatic carbocycles. The van der Waals surface area contributed by atoms with Crippen LogP contribution in [-0.2, 0) is 12.8 Å². The number of aryl methyl sites for hydroxylation is 2. The molecule has 0 heterocycles. The van der Waals surface area contributed by atoms with E-state index in [4.69, 9.17) is 23.7 Å². The molecule has 0 N–H and O–H groups in total. The highest BCUT2D eigenvalue weighted by atomic mass is 16.5. The fourth-order valence-electron chi connectivity index (χ4n) is 6.06. The number of hydrogen-bond donors (Lipinski definition) is 0. The van der Waals surface area contributed by atoms with E-state index in [1.165, 1.54) is 61.6 Å². The first-order valence-corrected chi connectivity index (χ1v) is 17.0. The van der Waals surface area contributed by atoms with E-state index in [2.05, 4.69) is 75.1 Å². The molecule has 0 saturated carbocycles. The summed E-state index contributed by atoms with van der Waals surface area (Å²) in [5.74, 6) is 3.77. The van der Waals surface area contributed by atoms with Gasteiger partial charge in [0.05, 0.1) is 35.5 Å². The Bertz CT molecular complexity index is 1520. The zero-order valence-corrected chi connectivity index (χ0v) is 29.9. The van der Waals surface area contributed by atoms with Crippen LogP contribution >= 0.6 is 0 Å². The molecule has 0 aromatic heterocycles. The lowest BCUT2D eigenvalue weighted by Gasteiger charge is -2.20. The van der Waals surface area contributed by atoms with Crippen molar-refractivity contribution in [3.05, 3.63) is 65.2 Å². The zero-order valence-electron chi connectivity index (χ0n) is 29.9. The second-order valence-corrected chi connectivity index (χ2v) is 11.9. The van der Waals surface area contributed by atoms with Gasteiger partial charge >= 0.3 is 0 Å². The molecule has 0 aliphatic carbocycles. The third-order valence-corrected chi connectivity index (χ3v) is 8.72. The van der Waals surface area contributed by atoms with E-state index in [1.54, 1.807) is 35.5 Å². The summed E-state index contributed by atoms with van der Waals surface area (Å²) in [7, 11) is 8.37. The Labute approximate surface area is 277 Å². The minimum absolute atomic E-state index is 0.653. The molecule has 6 heteroatoms. The Morgan fingerprint density at radius 1 is 0.522 bits per heavy atom. The maximum absolute atomic E-state index is 5.65. The second kappa shape index (κ2) is 19.1. The Balaban J connectivity index is 0.000000251. The van der Waals surface area contributed by atoms with Crippen LogP contribution in [0.25, 0.3) is 21.5 Å². The topological polar surface area (TPSA) is 49.4 Å². The first kappa shape index (κ1) is 36.8. The number of benzene rings is 4. The average Bonchev–Trinajstić information content (AvgIpc) is 3.08. The molecule has 0 atom stereocenters. The van der Waals surface area contributed by atoms with Gasteiger partial charge < -0.3 is 28.6 Å². The number of fused-ring (bicyclic) bond motifs is 2. The highest BCUT2D eigenvalue weighted by Gasteiger charge is 2.16. The van der Waals surface area contributed by atoms with Gasteiger partial charge in [-0.1, -0.05) is 70.7 Å². The van der Waals surface area contributed by atoms with Gasteiger partial charge in [0.15, 0.2) is 23.0 Å². The average molecular weight is 632 g/mol. The van der Waals surface area contributed by atoms with Crippen molar-refractivity contribution in [3.8, 4) is 28.7 Å². The van der Waals surface area contributed by atoms with Gasteiger partial charge in [-0.15, -0.1) is 0 Å². The van der Waals surface area contributed by atoms with Crippen molar-refractivity contribution < 1.29 is 23.7 Å². The molecule has 0 bridgehead atoms. The summed E-state index contributed by atoms with van der Waals surface area (Å²) in [6.07, 6.45) is 9.79. The molecule has 6 nitrogen and oxygen atoms in total. The van der Waals surface area contributed by atoms with Crippen molar-refractivity contribution in [3.63, 3.8) is 0 Å². The summed E-state index contributed by atoms with van der Waals surface area (Å²) in [6.45, 7) is 12.2. The maximum Gasteiger partial charge on any atom is 0.203 e. The van der Waals surface area contributed by atoms with Crippen molar-refractivity contribution >= 4 is 21.5 Å². The third-order valence-electron chi connectivity index (χ3n) is 8.72. The summed E-state index contributed by atoms with van der Waals surface area (Å²) in [4.78, 5) is 2.53. The quantitative estimate of drug-likeness (QED) is 0.108. The normalized spacial score (nSPS) is 11.0. The highest BCUT2D eigenvalue weighted by molar-refractivity contribution is 5.94. The minimum Gasteiger partial charge on any atom is -0.493 e. The molecule has 4 aromatic rings. The van der Waals surface area contributed by atoms with Gasteiger partial charge in [-0.2, -0.15) is 0 Å². The smallest absolute Gasteiger partial charge is 0.203 e. The summed E-state index contributed by atoms with van der Waals surface area (Å²) in [5.41, 5.74) is 3.79. The van der Waals surface area contributed by atoms with E-state index in [-0.39, 0.29) is 0 Å². The molecule has 0 amide bonds. The minimum atomic E-state index is 0.653. The summed E-state index contributed by atoms with van der Waals surface area (Å²) < 4.78 is 27.6. The number of ether oxygens (including phenoxy) is 5. The molecule has 0 spiro atoms. The van der Waals surface area contributed by atoms with Crippen molar-refractivity contribution in [1.82, 2.24) is 4.90 Å². The molecule has 46 heavy (non-hydrogen) atoms. The SMILES string of the molecule is CCCCCCc1ccc2cc(OC)c(OC)c(OC)c2c1.CCCCN(CC)CCc1ccc2cc(C)c(OC)c(OC)c2c1. The van der Waals surface area contributed by atoms with E-state index in [9.17, 15) is 0 Å². The Hall–Kier alpha value is -3.64. The Kier molecular flexibility index (Phi) is 15.3. The lowest BCUT2D eigenvalue weighted by Crippen LogP contribution is -2.26. The van der Waals surface area contributed by atoms with Crippen LogP contribution in [0, 0.1) is 6.92 Å². The maximum atomic E-state index is 5.65. The molecule has 0 saturated heterocycles. The van der Waals surface area contributed by atoms with Gasteiger partial charge in [0.1, 0.15) is 0 Å². The van der Waals surface area contributed by atoms with E-state index >= 15 is 0 Å². The van der Waals surface area contributed by atoms with Gasteiger partial charge in [0, 0.05) is 17.3 Å². The van der Waals surface area contributed by atoms with Crippen molar-refractivity contribution in [1.29, 1.82) is 0 Å². The van der Waals surface area contributed by atoms with E-state index in [0.29, 0.717) is 11.5 Å². The Morgan fingerprint density at radius 2 is 1.09 bits per heavy atom. The molecule has 252 valence electrons. The third kappa shape index (κ3) is 9.45. The molecule has 4 rings (SSSR count). The number of methoxy groups -OCH3 is 5. The predicted octanol–water partition coefficient (Wildman–Crippen LogP) is 9.82. The van der Waals surface area contributed by atoms with Crippen molar-refractivity contribution in [2.45, 2.75) is 79.1 Å². The number of hydrogen-bond acceptors (Lipinski definition) is 6. The van der Waals surface area contributed by atoms with E-state index in [1.807, 2.05) is 6.07 Å².